The van der Waals surface area contributed by atoms with E-state index in [1.165, 1.54) is 0 Å². The van der Waals surface area contributed by atoms with E-state index in [2.05, 4.69) is 4.98 Å². The van der Waals surface area contributed by atoms with E-state index in [4.69, 9.17) is 25.6 Å². The van der Waals surface area contributed by atoms with Crippen LogP contribution in [0.1, 0.15) is 40.5 Å². The molecule has 2 fully saturated rings. The molecule has 1 saturated carbocycles. The van der Waals surface area contributed by atoms with Crippen molar-refractivity contribution in [2.24, 2.45) is 0 Å². The molecular formula is C14H19BClNO3. The highest BCUT2D eigenvalue weighted by Gasteiger charge is 2.53. The number of hydrogen-bond donors (Lipinski definition) is 0. The summed E-state index contributed by atoms with van der Waals surface area (Å²) in [5, 5.41) is 0.556. The van der Waals surface area contributed by atoms with Crippen molar-refractivity contribution in [3.8, 4) is 5.75 Å². The van der Waals surface area contributed by atoms with Crippen molar-refractivity contribution in [1.29, 1.82) is 0 Å². The second-order valence-electron chi connectivity index (χ2n) is 6.44. The van der Waals surface area contributed by atoms with Crippen molar-refractivity contribution in [3.63, 3.8) is 0 Å². The molecule has 6 heteroatoms. The van der Waals surface area contributed by atoms with Crippen molar-refractivity contribution < 1.29 is 14.0 Å². The minimum absolute atomic E-state index is 0.274. The Morgan fingerprint density at radius 2 is 1.85 bits per heavy atom. The van der Waals surface area contributed by atoms with Crippen molar-refractivity contribution in [1.82, 2.24) is 4.98 Å². The average molecular weight is 296 g/mol. The van der Waals surface area contributed by atoms with Crippen LogP contribution in [0.2, 0.25) is 5.02 Å². The van der Waals surface area contributed by atoms with Gasteiger partial charge in [-0.25, -0.2) is 0 Å². The third kappa shape index (κ3) is 2.54. The molecule has 1 aromatic heterocycles. The largest absolute Gasteiger partial charge is 0.518 e. The quantitative estimate of drug-likeness (QED) is 0.804. The third-order valence-electron chi connectivity index (χ3n) is 4.14. The highest BCUT2D eigenvalue weighted by Crippen LogP contribution is 2.37. The predicted octanol–water partition coefficient (Wildman–Crippen LogP) is 2.58. The fourth-order valence-corrected chi connectivity index (χ4v) is 2.17. The summed E-state index contributed by atoms with van der Waals surface area (Å²) in [5.74, 6) is 0.665. The lowest BCUT2D eigenvalue weighted by molar-refractivity contribution is 0.00578. The zero-order valence-electron chi connectivity index (χ0n) is 12.3. The van der Waals surface area contributed by atoms with E-state index in [1.54, 1.807) is 12.3 Å². The molecule has 2 heterocycles. The Kier molecular flexibility index (Phi) is 3.27. The second kappa shape index (κ2) is 4.62. The number of halogens is 1. The highest BCUT2D eigenvalue weighted by atomic mass is 35.5. The van der Waals surface area contributed by atoms with E-state index in [0.29, 0.717) is 16.4 Å². The van der Waals surface area contributed by atoms with Gasteiger partial charge in [-0.15, -0.1) is 0 Å². The van der Waals surface area contributed by atoms with Gasteiger partial charge in [-0.1, -0.05) is 11.6 Å². The van der Waals surface area contributed by atoms with Crippen LogP contribution in [-0.2, 0) is 9.31 Å². The first kappa shape index (κ1) is 14.2. The van der Waals surface area contributed by atoms with E-state index in [-0.39, 0.29) is 6.10 Å². The maximum absolute atomic E-state index is 6.02. The summed E-state index contributed by atoms with van der Waals surface area (Å²) in [6.07, 6.45) is 4.03. The van der Waals surface area contributed by atoms with Crippen molar-refractivity contribution in [2.75, 3.05) is 0 Å². The fraction of sp³-hybridized carbons (Fsp3) is 0.643. The number of nitrogens with zero attached hydrogens (tertiary/aromatic N) is 1. The molecule has 0 unspecified atom stereocenters. The number of ether oxygens (including phenoxy) is 1. The summed E-state index contributed by atoms with van der Waals surface area (Å²) in [5.41, 5.74) is -0.119. The van der Waals surface area contributed by atoms with Gasteiger partial charge in [-0.05, 0) is 40.5 Å². The van der Waals surface area contributed by atoms with Crippen LogP contribution in [0.15, 0.2) is 12.3 Å². The van der Waals surface area contributed by atoms with Gasteiger partial charge >= 0.3 is 7.12 Å². The molecule has 3 rings (SSSR count). The maximum Gasteiger partial charge on any atom is 0.518 e. The average Bonchev–Trinajstić information content (AvgIpc) is 3.07. The molecule has 0 atom stereocenters. The van der Waals surface area contributed by atoms with Crippen LogP contribution in [-0.4, -0.2) is 29.4 Å². The zero-order chi connectivity index (χ0) is 14.5. The van der Waals surface area contributed by atoms with Crippen molar-refractivity contribution >= 4 is 24.3 Å². The molecule has 0 radical (unpaired) electrons. The second-order valence-corrected chi connectivity index (χ2v) is 6.88. The monoisotopic (exact) mass is 295 g/mol. The van der Waals surface area contributed by atoms with Gasteiger partial charge in [0.2, 0.25) is 0 Å². The summed E-state index contributed by atoms with van der Waals surface area (Å²) in [6, 6.07) is 1.78. The van der Waals surface area contributed by atoms with E-state index in [0.717, 1.165) is 12.8 Å². The van der Waals surface area contributed by atoms with Gasteiger partial charge in [0, 0.05) is 12.3 Å². The van der Waals surface area contributed by atoms with Crippen LogP contribution in [0.3, 0.4) is 0 Å². The van der Waals surface area contributed by atoms with Gasteiger partial charge in [0.25, 0.3) is 0 Å². The van der Waals surface area contributed by atoms with Gasteiger partial charge in [0.15, 0.2) is 0 Å². The Hall–Kier alpha value is -0.775. The zero-order valence-corrected chi connectivity index (χ0v) is 13.0. The first-order valence-corrected chi connectivity index (χ1v) is 7.34. The molecule has 1 aliphatic carbocycles. The topological polar surface area (TPSA) is 40.6 Å². The minimum Gasteiger partial charge on any atom is -0.489 e. The number of hydrogen-bond acceptors (Lipinski definition) is 4. The molecule has 1 aromatic rings. The lowest BCUT2D eigenvalue weighted by atomic mass is 9.83. The van der Waals surface area contributed by atoms with E-state index < -0.39 is 18.3 Å². The van der Waals surface area contributed by atoms with Gasteiger partial charge in [-0.3, -0.25) is 4.98 Å². The van der Waals surface area contributed by atoms with Crippen molar-refractivity contribution in [2.45, 2.75) is 57.8 Å². The first-order valence-electron chi connectivity index (χ1n) is 6.96. The Morgan fingerprint density at radius 1 is 1.25 bits per heavy atom. The van der Waals surface area contributed by atoms with E-state index in [1.807, 2.05) is 27.7 Å². The Bertz CT molecular complexity index is 515. The molecule has 0 amide bonds. The molecule has 108 valence electrons. The molecule has 1 saturated heterocycles. The van der Waals surface area contributed by atoms with Crippen LogP contribution < -0.4 is 10.3 Å². The summed E-state index contributed by atoms with van der Waals surface area (Å²) in [7, 11) is -0.522. The maximum atomic E-state index is 6.02. The molecule has 0 bridgehead atoms. The first-order chi connectivity index (χ1) is 9.28. The Balaban J connectivity index is 1.90. The van der Waals surface area contributed by atoms with Crippen LogP contribution >= 0.6 is 11.6 Å². The lowest BCUT2D eigenvalue weighted by Gasteiger charge is -2.32. The molecule has 0 spiro atoms. The van der Waals surface area contributed by atoms with Crippen LogP contribution in [0.4, 0.5) is 0 Å². The minimum atomic E-state index is -0.522. The normalized spacial score (nSPS) is 23.9. The fourth-order valence-electron chi connectivity index (χ4n) is 2.02. The molecule has 1 aliphatic heterocycles. The van der Waals surface area contributed by atoms with Gasteiger partial charge in [0.05, 0.1) is 22.3 Å². The summed E-state index contributed by atoms with van der Waals surface area (Å²) < 4.78 is 17.9. The standard InChI is InChI=1S/C14H19BClNO3/c1-13(2)14(3,4)20-15(19-13)12-11(18-10-5-6-10)7-9(16)8-17-12/h7-8,10H,5-6H2,1-4H3. The molecule has 0 N–H and O–H groups in total. The summed E-state index contributed by atoms with van der Waals surface area (Å²) >= 11 is 6.02. The number of aromatic nitrogens is 1. The SMILES string of the molecule is CC1(C)OB(c2ncc(Cl)cc2OC2CC2)OC1(C)C. The Morgan fingerprint density at radius 3 is 2.40 bits per heavy atom. The molecule has 0 aromatic carbocycles. The molecule has 4 nitrogen and oxygen atoms in total. The molecule has 2 aliphatic rings. The summed E-state index contributed by atoms with van der Waals surface area (Å²) in [6.45, 7) is 8.07. The van der Waals surface area contributed by atoms with Gasteiger partial charge in [0.1, 0.15) is 11.3 Å². The van der Waals surface area contributed by atoms with Gasteiger partial charge < -0.3 is 14.0 Å². The highest BCUT2D eigenvalue weighted by molar-refractivity contribution is 6.62. The number of rotatable bonds is 3. The lowest BCUT2D eigenvalue weighted by Crippen LogP contribution is -2.41. The Labute approximate surface area is 124 Å². The summed E-state index contributed by atoms with van der Waals surface area (Å²) in [4.78, 5) is 4.37. The smallest absolute Gasteiger partial charge is 0.489 e. The molecular weight excluding hydrogens is 276 g/mol. The van der Waals surface area contributed by atoms with E-state index >= 15 is 0 Å². The third-order valence-corrected chi connectivity index (χ3v) is 4.35. The van der Waals surface area contributed by atoms with E-state index in [9.17, 15) is 0 Å². The predicted molar refractivity (Wildman–Crippen MR) is 78.6 cm³/mol. The van der Waals surface area contributed by atoms with Crippen molar-refractivity contribution in [3.05, 3.63) is 17.3 Å². The molecule has 20 heavy (non-hydrogen) atoms. The van der Waals surface area contributed by atoms with Gasteiger partial charge in [-0.2, -0.15) is 0 Å². The van der Waals surface area contributed by atoms with Crippen LogP contribution in [0.25, 0.3) is 0 Å². The number of pyridine rings is 1. The van der Waals surface area contributed by atoms with Crippen LogP contribution in [0.5, 0.6) is 5.75 Å². The van der Waals surface area contributed by atoms with Crippen LogP contribution in [0, 0.1) is 0 Å².